The Hall–Kier alpha value is -3.35. The fourth-order valence-electron chi connectivity index (χ4n) is 4.30. The summed E-state index contributed by atoms with van der Waals surface area (Å²) in [5.74, 6) is 1.25. The Morgan fingerprint density at radius 3 is 2.67 bits per heavy atom. The lowest BCUT2D eigenvalue weighted by Gasteiger charge is -2.25. The molecular formula is C26H19ClN4OS. The zero-order chi connectivity index (χ0) is 22.4. The molecule has 3 heterocycles. The van der Waals surface area contributed by atoms with E-state index in [2.05, 4.69) is 11.1 Å². The summed E-state index contributed by atoms with van der Waals surface area (Å²) in [4.78, 5) is 28.3. The Labute approximate surface area is 200 Å². The van der Waals surface area contributed by atoms with Crippen LogP contribution in [-0.4, -0.2) is 32.8 Å². The van der Waals surface area contributed by atoms with Crippen molar-refractivity contribution in [1.82, 2.24) is 9.88 Å². The van der Waals surface area contributed by atoms with Crippen LogP contribution in [0.1, 0.15) is 16.7 Å². The molecule has 4 aromatic rings. The van der Waals surface area contributed by atoms with Crippen LogP contribution >= 0.6 is 23.4 Å². The van der Waals surface area contributed by atoms with Crippen molar-refractivity contribution in [3.63, 3.8) is 0 Å². The van der Waals surface area contributed by atoms with Crippen LogP contribution in [-0.2, 0) is 17.0 Å². The second-order valence-electron chi connectivity index (χ2n) is 8.00. The van der Waals surface area contributed by atoms with Crippen molar-refractivity contribution in [2.24, 2.45) is 9.98 Å². The summed E-state index contributed by atoms with van der Waals surface area (Å²) in [6.07, 6.45) is 2.51. The van der Waals surface area contributed by atoms with E-state index in [0.717, 1.165) is 33.3 Å². The number of rotatable bonds is 4. The highest BCUT2D eigenvalue weighted by Gasteiger charge is 2.41. The second-order valence-corrected chi connectivity index (χ2v) is 9.35. The van der Waals surface area contributed by atoms with Crippen molar-refractivity contribution in [2.75, 3.05) is 0 Å². The summed E-state index contributed by atoms with van der Waals surface area (Å²) in [7, 11) is 0. The van der Waals surface area contributed by atoms with Gasteiger partial charge in [-0.3, -0.25) is 9.79 Å². The van der Waals surface area contributed by atoms with Crippen LogP contribution in [0.2, 0.25) is 5.02 Å². The SMILES string of the molecule is O=C1[C@H](Cc2c[nH]c3ccccc23)N=C2c3ccccc3N=C(SCc3ccccc3Cl)N12. The molecular weight excluding hydrogens is 452 g/mol. The molecule has 0 aliphatic carbocycles. The second kappa shape index (κ2) is 8.21. The number of carbonyl (C=O) groups is 1. The third-order valence-electron chi connectivity index (χ3n) is 5.95. The molecule has 0 spiro atoms. The van der Waals surface area contributed by atoms with Gasteiger partial charge < -0.3 is 4.98 Å². The number of nitrogens with one attached hydrogen (secondary N) is 1. The first kappa shape index (κ1) is 20.3. The van der Waals surface area contributed by atoms with Gasteiger partial charge in [-0.05, 0) is 35.4 Å². The lowest BCUT2D eigenvalue weighted by Crippen LogP contribution is -2.41. The Balaban J connectivity index is 1.34. The molecule has 0 radical (unpaired) electrons. The van der Waals surface area contributed by atoms with Crippen molar-refractivity contribution in [3.8, 4) is 0 Å². The van der Waals surface area contributed by atoms with Gasteiger partial charge in [-0.1, -0.05) is 71.9 Å². The van der Waals surface area contributed by atoms with E-state index in [4.69, 9.17) is 21.6 Å². The van der Waals surface area contributed by atoms with Crippen molar-refractivity contribution in [1.29, 1.82) is 0 Å². The predicted molar refractivity (Wildman–Crippen MR) is 135 cm³/mol. The fourth-order valence-corrected chi connectivity index (χ4v) is 5.58. The first-order chi connectivity index (χ1) is 16.2. The minimum Gasteiger partial charge on any atom is -0.361 e. The Bertz CT molecular complexity index is 1460. The van der Waals surface area contributed by atoms with Gasteiger partial charge in [0.1, 0.15) is 11.9 Å². The number of nitrogens with zero attached hydrogens (tertiary/aromatic N) is 3. The number of carbonyl (C=O) groups excluding carboxylic acids is 1. The highest BCUT2D eigenvalue weighted by Crippen LogP contribution is 2.36. The first-order valence-electron chi connectivity index (χ1n) is 10.7. The first-order valence-corrected chi connectivity index (χ1v) is 12.1. The summed E-state index contributed by atoms with van der Waals surface area (Å²) in [5, 5.41) is 2.47. The average Bonchev–Trinajstić information content (AvgIpc) is 3.40. The highest BCUT2D eigenvalue weighted by atomic mass is 35.5. The standard InChI is InChI=1S/C26H19ClN4OS/c27-20-10-4-1-7-16(20)15-33-26-30-22-12-6-3-9-19(22)24-29-23(25(32)31(24)26)13-17-14-28-21-11-5-2-8-18(17)21/h1-12,14,23,28H,13,15H2/t23-/m0/s1. The monoisotopic (exact) mass is 470 g/mol. The Kier molecular flexibility index (Phi) is 5.04. The number of para-hydroxylation sites is 2. The maximum absolute atomic E-state index is 13.6. The molecule has 0 bridgehead atoms. The van der Waals surface area contributed by atoms with Gasteiger partial charge in [0.25, 0.3) is 5.91 Å². The Morgan fingerprint density at radius 2 is 1.76 bits per heavy atom. The minimum atomic E-state index is -0.489. The molecule has 1 aromatic heterocycles. The number of aliphatic imine (C=N–C) groups is 2. The quantitative estimate of drug-likeness (QED) is 0.400. The molecule has 0 fully saturated rings. The van der Waals surface area contributed by atoms with E-state index in [0.29, 0.717) is 28.2 Å². The molecule has 5 nitrogen and oxygen atoms in total. The van der Waals surface area contributed by atoms with E-state index in [1.165, 1.54) is 11.8 Å². The zero-order valence-corrected chi connectivity index (χ0v) is 19.1. The normalized spacial score (nSPS) is 17.1. The maximum atomic E-state index is 13.6. The molecule has 1 amide bonds. The summed E-state index contributed by atoms with van der Waals surface area (Å²) in [5.41, 5.74) is 4.87. The van der Waals surface area contributed by atoms with Gasteiger partial charge in [0.2, 0.25) is 0 Å². The van der Waals surface area contributed by atoms with Crippen molar-refractivity contribution < 1.29 is 4.79 Å². The topological polar surface area (TPSA) is 60.8 Å². The van der Waals surface area contributed by atoms with E-state index in [9.17, 15) is 4.79 Å². The lowest BCUT2D eigenvalue weighted by molar-refractivity contribution is -0.124. The number of halogens is 1. The number of aromatic nitrogens is 1. The van der Waals surface area contributed by atoms with Crippen molar-refractivity contribution >= 4 is 56.9 Å². The molecule has 2 aliphatic heterocycles. The van der Waals surface area contributed by atoms with Gasteiger partial charge in [-0.25, -0.2) is 9.89 Å². The number of benzene rings is 3. The summed E-state index contributed by atoms with van der Waals surface area (Å²) >= 11 is 7.86. The molecule has 6 rings (SSSR count). The van der Waals surface area contributed by atoms with Crippen LogP contribution in [0.5, 0.6) is 0 Å². The van der Waals surface area contributed by atoms with Crippen LogP contribution in [0.3, 0.4) is 0 Å². The van der Waals surface area contributed by atoms with E-state index >= 15 is 0 Å². The van der Waals surface area contributed by atoms with Gasteiger partial charge >= 0.3 is 0 Å². The van der Waals surface area contributed by atoms with E-state index in [-0.39, 0.29) is 5.91 Å². The van der Waals surface area contributed by atoms with Crippen molar-refractivity contribution in [2.45, 2.75) is 18.2 Å². The average molecular weight is 471 g/mol. The highest BCUT2D eigenvalue weighted by molar-refractivity contribution is 8.13. The third kappa shape index (κ3) is 3.56. The van der Waals surface area contributed by atoms with E-state index in [1.807, 2.05) is 72.9 Å². The number of hydrogen-bond acceptors (Lipinski definition) is 4. The largest absolute Gasteiger partial charge is 0.361 e. The fraction of sp³-hybridized carbons (Fsp3) is 0.115. The molecule has 0 unspecified atom stereocenters. The molecule has 1 N–H and O–H groups in total. The van der Waals surface area contributed by atoms with Crippen LogP contribution in [0, 0.1) is 0 Å². The number of amidine groups is 2. The molecule has 2 aliphatic rings. The summed E-state index contributed by atoms with van der Waals surface area (Å²) < 4.78 is 0. The molecule has 7 heteroatoms. The van der Waals surface area contributed by atoms with Crippen LogP contribution in [0.25, 0.3) is 10.9 Å². The molecule has 33 heavy (non-hydrogen) atoms. The van der Waals surface area contributed by atoms with Gasteiger partial charge in [0.05, 0.1) is 5.69 Å². The number of amides is 1. The van der Waals surface area contributed by atoms with E-state index in [1.54, 1.807) is 4.90 Å². The van der Waals surface area contributed by atoms with Gasteiger partial charge in [-0.15, -0.1) is 0 Å². The maximum Gasteiger partial charge on any atom is 0.259 e. The smallest absolute Gasteiger partial charge is 0.259 e. The van der Waals surface area contributed by atoms with Gasteiger partial charge in [0, 0.05) is 39.9 Å². The summed E-state index contributed by atoms with van der Waals surface area (Å²) in [6.45, 7) is 0. The predicted octanol–water partition coefficient (Wildman–Crippen LogP) is 5.96. The van der Waals surface area contributed by atoms with Crippen molar-refractivity contribution in [3.05, 3.63) is 101 Å². The third-order valence-corrected chi connectivity index (χ3v) is 7.31. The minimum absolute atomic E-state index is 0.0461. The molecule has 0 saturated heterocycles. The summed E-state index contributed by atoms with van der Waals surface area (Å²) in [6, 6.07) is 23.2. The number of aromatic amines is 1. The number of H-pyrrole nitrogens is 1. The van der Waals surface area contributed by atoms with Crippen LogP contribution < -0.4 is 0 Å². The number of hydrogen-bond donors (Lipinski definition) is 1. The van der Waals surface area contributed by atoms with Crippen LogP contribution in [0.4, 0.5) is 5.69 Å². The molecule has 1 atom stereocenters. The molecule has 0 saturated carbocycles. The number of fused-ring (bicyclic) bond motifs is 4. The Morgan fingerprint density at radius 1 is 0.970 bits per heavy atom. The molecule has 3 aromatic carbocycles. The lowest BCUT2D eigenvalue weighted by atomic mass is 10.1. The van der Waals surface area contributed by atoms with Crippen LogP contribution in [0.15, 0.2) is 89.0 Å². The van der Waals surface area contributed by atoms with Gasteiger partial charge in [0.15, 0.2) is 5.17 Å². The van der Waals surface area contributed by atoms with E-state index < -0.39 is 6.04 Å². The number of thioether (sulfide) groups is 1. The molecule has 162 valence electrons. The zero-order valence-electron chi connectivity index (χ0n) is 17.5. The van der Waals surface area contributed by atoms with Gasteiger partial charge in [-0.2, -0.15) is 0 Å².